The molecule has 0 bridgehead atoms. The number of fused-ring (bicyclic) bond motifs is 1. The first-order chi connectivity index (χ1) is 12.0. The minimum absolute atomic E-state index is 0.117. The van der Waals surface area contributed by atoms with Crippen molar-refractivity contribution in [2.75, 3.05) is 26.1 Å². The van der Waals surface area contributed by atoms with Crippen LogP contribution in [-0.4, -0.2) is 34.7 Å². The average Bonchev–Trinajstić information content (AvgIpc) is 3.03. The van der Waals surface area contributed by atoms with E-state index in [1.165, 1.54) is 37.7 Å². The topological polar surface area (TPSA) is 86.8 Å². The molecule has 132 valence electrons. The standard InChI is InChI=1S/C16H16N2O5S2/c1-21-10-4-6-11(7-5-10)25(19,20)18-16-17-14-12(22-2)8-9-13(23-3)15(14)24-16/h4-9H,1-3H3,(H,17,18). The third-order valence-corrected chi connectivity index (χ3v) is 5.97. The maximum atomic E-state index is 12.5. The first kappa shape index (κ1) is 17.3. The second-order valence-electron chi connectivity index (χ2n) is 4.95. The fourth-order valence-electron chi connectivity index (χ4n) is 2.26. The molecule has 0 spiro atoms. The Bertz CT molecular complexity index is 956. The number of hydrogen-bond donors (Lipinski definition) is 1. The Morgan fingerprint density at radius 2 is 1.56 bits per heavy atom. The van der Waals surface area contributed by atoms with Crippen LogP contribution in [0.25, 0.3) is 10.2 Å². The zero-order chi connectivity index (χ0) is 18.0. The van der Waals surface area contributed by atoms with Crippen LogP contribution in [0.4, 0.5) is 5.13 Å². The van der Waals surface area contributed by atoms with Gasteiger partial charge >= 0.3 is 0 Å². The Hall–Kier alpha value is -2.52. The Morgan fingerprint density at radius 3 is 2.16 bits per heavy atom. The summed E-state index contributed by atoms with van der Waals surface area (Å²) in [6, 6.07) is 9.58. The molecule has 0 unspecified atom stereocenters. The smallest absolute Gasteiger partial charge is 0.263 e. The molecule has 0 fully saturated rings. The van der Waals surface area contributed by atoms with Crippen molar-refractivity contribution in [1.82, 2.24) is 4.98 Å². The van der Waals surface area contributed by atoms with E-state index >= 15 is 0 Å². The molecule has 1 aromatic heterocycles. The number of nitrogens with zero attached hydrogens (tertiary/aromatic N) is 1. The van der Waals surface area contributed by atoms with Gasteiger partial charge in [-0.05, 0) is 36.4 Å². The number of nitrogens with one attached hydrogen (secondary N) is 1. The van der Waals surface area contributed by atoms with Crippen LogP contribution in [0.3, 0.4) is 0 Å². The molecule has 3 aromatic rings. The van der Waals surface area contributed by atoms with E-state index in [4.69, 9.17) is 14.2 Å². The highest BCUT2D eigenvalue weighted by atomic mass is 32.2. The quantitative estimate of drug-likeness (QED) is 0.707. The number of aromatic nitrogens is 1. The normalized spacial score (nSPS) is 11.3. The van der Waals surface area contributed by atoms with E-state index in [2.05, 4.69) is 9.71 Å². The summed E-state index contributed by atoms with van der Waals surface area (Å²) in [5.41, 5.74) is 0.541. The molecule has 25 heavy (non-hydrogen) atoms. The molecule has 0 saturated heterocycles. The van der Waals surface area contributed by atoms with Gasteiger partial charge in [0.2, 0.25) is 0 Å². The van der Waals surface area contributed by atoms with Gasteiger partial charge in [-0.15, -0.1) is 0 Å². The zero-order valence-electron chi connectivity index (χ0n) is 13.8. The minimum Gasteiger partial charge on any atom is -0.497 e. The SMILES string of the molecule is COc1ccc(S(=O)(=O)Nc2nc3c(OC)ccc(OC)c3s2)cc1. The lowest BCUT2D eigenvalue weighted by molar-refractivity contribution is 0.410. The lowest BCUT2D eigenvalue weighted by atomic mass is 10.3. The highest BCUT2D eigenvalue weighted by molar-refractivity contribution is 7.93. The van der Waals surface area contributed by atoms with Gasteiger partial charge in [0.1, 0.15) is 27.5 Å². The lowest BCUT2D eigenvalue weighted by Crippen LogP contribution is -2.12. The first-order valence-electron chi connectivity index (χ1n) is 7.17. The molecule has 0 aliphatic rings. The van der Waals surface area contributed by atoms with E-state index in [1.807, 2.05) is 0 Å². The van der Waals surface area contributed by atoms with Crippen LogP contribution in [0.2, 0.25) is 0 Å². The number of rotatable bonds is 6. The van der Waals surface area contributed by atoms with Crippen LogP contribution < -0.4 is 18.9 Å². The van der Waals surface area contributed by atoms with Gasteiger partial charge in [0, 0.05) is 0 Å². The van der Waals surface area contributed by atoms with Crippen molar-refractivity contribution in [3.8, 4) is 17.2 Å². The summed E-state index contributed by atoms with van der Waals surface area (Å²) in [5, 5.41) is 0.230. The maximum absolute atomic E-state index is 12.5. The largest absolute Gasteiger partial charge is 0.497 e. The van der Waals surface area contributed by atoms with Crippen molar-refractivity contribution in [3.63, 3.8) is 0 Å². The van der Waals surface area contributed by atoms with Gasteiger partial charge in [0.25, 0.3) is 10.0 Å². The molecule has 0 aliphatic carbocycles. The molecule has 3 rings (SSSR count). The van der Waals surface area contributed by atoms with Gasteiger partial charge in [-0.2, -0.15) is 0 Å². The molecule has 9 heteroatoms. The highest BCUT2D eigenvalue weighted by Gasteiger charge is 2.19. The van der Waals surface area contributed by atoms with Gasteiger partial charge in [-0.25, -0.2) is 13.4 Å². The maximum Gasteiger partial charge on any atom is 0.263 e. The van der Waals surface area contributed by atoms with Crippen LogP contribution in [0.1, 0.15) is 0 Å². The van der Waals surface area contributed by atoms with E-state index in [0.29, 0.717) is 27.5 Å². The van der Waals surface area contributed by atoms with E-state index in [-0.39, 0.29) is 10.0 Å². The molecule has 1 heterocycles. The molecule has 0 amide bonds. The molecule has 7 nitrogen and oxygen atoms in total. The Labute approximate surface area is 149 Å². The number of sulfonamides is 1. The number of thiazole rings is 1. The van der Waals surface area contributed by atoms with Crippen LogP contribution in [0.5, 0.6) is 17.2 Å². The first-order valence-corrected chi connectivity index (χ1v) is 9.47. The number of benzene rings is 2. The molecule has 1 N–H and O–H groups in total. The van der Waals surface area contributed by atoms with Gasteiger partial charge in [-0.1, -0.05) is 11.3 Å². The third kappa shape index (κ3) is 3.33. The van der Waals surface area contributed by atoms with Crippen molar-refractivity contribution in [2.45, 2.75) is 4.90 Å². The molecule has 0 saturated carbocycles. The summed E-state index contributed by atoms with van der Waals surface area (Å²) in [5.74, 6) is 1.72. The molecular weight excluding hydrogens is 364 g/mol. The fraction of sp³-hybridized carbons (Fsp3) is 0.188. The lowest BCUT2D eigenvalue weighted by Gasteiger charge is -2.05. The summed E-state index contributed by atoms with van der Waals surface area (Å²) in [7, 11) is 0.827. The summed E-state index contributed by atoms with van der Waals surface area (Å²) in [6.07, 6.45) is 0. The average molecular weight is 380 g/mol. The van der Waals surface area contributed by atoms with E-state index in [0.717, 1.165) is 0 Å². The predicted molar refractivity (Wildman–Crippen MR) is 96.5 cm³/mol. The van der Waals surface area contributed by atoms with Crippen LogP contribution in [-0.2, 0) is 10.0 Å². The predicted octanol–water partition coefficient (Wildman–Crippen LogP) is 3.12. The van der Waals surface area contributed by atoms with Crippen LogP contribution >= 0.6 is 11.3 Å². The molecule has 0 atom stereocenters. The van der Waals surface area contributed by atoms with Gasteiger partial charge in [0.05, 0.1) is 26.2 Å². The second kappa shape index (κ2) is 6.77. The van der Waals surface area contributed by atoms with Crippen molar-refractivity contribution in [1.29, 1.82) is 0 Å². The Balaban J connectivity index is 1.99. The summed E-state index contributed by atoms with van der Waals surface area (Å²) in [6.45, 7) is 0. The zero-order valence-corrected chi connectivity index (χ0v) is 15.4. The third-order valence-electron chi connectivity index (χ3n) is 3.50. The summed E-state index contributed by atoms with van der Waals surface area (Å²) >= 11 is 1.18. The van der Waals surface area contributed by atoms with Gasteiger partial charge in [0.15, 0.2) is 5.13 Å². The van der Waals surface area contributed by atoms with E-state index in [9.17, 15) is 8.42 Å². The monoisotopic (exact) mass is 380 g/mol. The van der Waals surface area contributed by atoms with Crippen molar-refractivity contribution in [2.24, 2.45) is 0 Å². The van der Waals surface area contributed by atoms with E-state index in [1.54, 1.807) is 31.4 Å². The number of ether oxygens (including phenoxy) is 3. The van der Waals surface area contributed by atoms with Gasteiger partial charge in [-0.3, -0.25) is 4.72 Å². The molecule has 0 aliphatic heterocycles. The summed E-state index contributed by atoms with van der Waals surface area (Å²) in [4.78, 5) is 4.45. The second-order valence-corrected chi connectivity index (χ2v) is 7.63. The van der Waals surface area contributed by atoms with Crippen LogP contribution in [0.15, 0.2) is 41.3 Å². The Morgan fingerprint density at radius 1 is 0.920 bits per heavy atom. The van der Waals surface area contributed by atoms with E-state index < -0.39 is 10.0 Å². The minimum atomic E-state index is -3.76. The Kier molecular flexibility index (Phi) is 4.69. The number of methoxy groups -OCH3 is 3. The number of anilines is 1. The number of hydrogen-bond acceptors (Lipinski definition) is 7. The highest BCUT2D eigenvalue weighted by Crippen LogP contribution is 2.39. The fourth-order valence-corrected chi connectivity index (χ4v) is 4.47. The molecule has 0 radical (unpaired) electrons. The van der Waals surface area contributed by atoms with Crippen molar-refractivity contribution in [3.05, 3.63) is 36.4 Å². The van der Waals surface area contributed by atoms with Gasteiger partial charge < -0.3 is 14.2 Å². The summed E-state index contributed by atoms with van der Waals surface area (Å²) < 4.78 is 43.9. The van der Waals surface area contributed by atoms with Crippen LogP contribution in [0, 0.1) is 0 Å². The van der Waals surface area contributed by atoms with Crippen molar-refractivity contribution < 1.29 is 22.6 Å². The molecule has 2 aromatic carbocycles. The molecular formula is C16H16N2O5S2. The van der Waals surface area contributed by atoms with Crippen molar-refractivity contribution >= 4 is 36.7 Å².